The van der Waals surface area contributed by atoms with Crippen molar-refractivity contribution in [1.82, 2.24) is 4.90 Å². The third-order valence-corrected chi connectivity index (χ3v) is 4.47. The molecule has 1 aromatic rings. The molecule has 2 rings (SSSR count). The van der Waals surface area contributed by atoms with Crippen molar-refractivity contribution < 1.29 is 18.7 Å². The number of hydrogen-bond donors (Lipinski definition) is 1. The van der Waals surface area contributed by atoms with Gasteiger partial charge in [-0.1, -0.05) is 28.9 Å². The Kier molecular flexibility index (Phi) is 5.09. The summed E-state index contributed by atoms with van der Waals surface area (Å²) < 4.78 is 19.6. The molecule has 1 unspecified atom stereocenters. The fourth-order valence-electron chi connectivity index (χ4n) is 2.57. The normalized spacial score (nSPS) is 21.0. The Morgan fingerprint density at radius 3 is 2.78 bits per heavy atom. The molecule has 0 spiro atoms. The molecule has 1 amide bonds. The molecule has 0 saturated heterocycles. The number of amides is 1. The van der Waals surface area contributed by atoms with E-state index in [0.29, 0.717) is 16.5 Å². The molecule has 0 radical (unpaired) electrons. The summed E-state index contributed by atoms with van der Waals surface area (Å²) in [5, 5.41) is 2.86. The van der Waals surface area contributed by atoms with Crippen molar-refractivity contribution >= 4 is 33.5 Å². The number of nitrogens with zero attached hydrogens (tertiary/aromatic N) is 1. The standard InChI is InChI=1S/C16H18BrFN2O3/c1-4-10-7-8-16(15(22)23-3,20(2)14(10)21)19-13-6-5-11(17)9-12(13)18/h5-7,9,19H,4,8H2,1-3H3. The molecule has 0 bridgehead atoms. The van der Waals surface area contributed by atoms with Gasteiger partial charge >= 0.3 is 5.97 Å². The number of hydrogen-bond acceptors (Lipinski definition) is 4. The summed E-state index contributed by atoms with van der Waals surface area (Å²) in [5.41, 5.74) is -0.740. The summed E-state index contributed by atoms with van der Waals surface area (Å²) in [4.78, 5) is 26.1. The van der Waals surface area contributed by atoms with Crippen molar-refractivity contribution in [1.29, 1.82) is 0 Å². The molecule has 0 fully saturated rings. The second-order valence-electron chi connectivity index (χ2n) is 5.25. The van der Waals surface area contributed by atoms with Gasteiger partial charge in [-0.05, 0) is 24.6 Å². The average molecular weight is 385 g/mol. The fourth-order valence-corrected chi connectivity index (χ4v) is 2.90. The minimum absolute atomic E-state index is 0.117. The van der Waals surface area contributed by atoms with Gasteiger partial charge in [0, 0.05) is 23.5 Å². The summed E-state index contributed by atoms with van der Waals surface area (Å²) in [5.74, 6) is -1.47. The van der Waals surface area contributed by atoms with Crippen molar-refractivity contribution in [2.75, 3.05) is 19.5 Å². The highest BCUT2D eigenvalue weighted by atomic mass is 79.9. The molecule has 1 atom stereocenters. The zero-order valence-electron chi connectivity index (χ0n) is 13.2. The zero-order valence-corrected chi connectivity index (χ0v) is 14.7. The number of anilines is 1. The molecule has 0 aromatic heterocycles. The molecule has 1 aromatic carbocycles. The van der Waals surface area contributed by atoms with Gasteiger partial charge < -0.3 is 15.0 Å². The number of esters is 1. The average Bonchev–Trinajstić information content (AvgIpc) is 2.53. The first-order valence-electron chi connectivity index (χ1n) is 7.14. The first kappa shape index (κ1) is 17.5. The molecule has 1 aliphatic heterocycles. The Balaban J connectivity index is 2.47. The van der Waals surface area contributed by atoms with Crippen LogP contribution >= 0.6 is 15.9 Å². The van der Waals surface area contributed by atoms with Gasteiger partial charge in [-0.2, -0.15) is 0 Å². The van der Waals surface area contributed by atoms with Gasteiger partial charge in [0.1, 0.15) is 5.82 Å². The molecule has 1 N–H and O–H groups in total. The Morgan fingerprint density at radius 2 is 2.22 bits per heavy atom. The second kappa shape index (κ2) is 6.70. The van der Waals surface area contributed by atoms with Crippen molar-refractivity contribution in [3.05, 3.63) is 40.1 Å². The van der Waals surface area contributed by atoms with E-state index in [1.54, 1.807) is 12.1 Å². The van der Waals surface area contributed by atoms with Gasteiger partial charge in [-0.3, -0.25) is 4.79 Å². The molecule has 0 aliphatic carbocycles. The van der Waals surface area contributed by atoms with Crippen molar-refractivity contribution in [3.8, 4) is 0 Å². The number of benzene rings is 1. The molecule has 1 aliphatic rings. The van der Waals surface area contributed by atoms with Crippen LogP contribution in [-0.2, 0) is 14.3 Å². The number of nitrogens with one attached hydrogen (secondary N) is 1. The summed E-state index contributed by atoms with van der Waals surface area (Å²) in [6.07, 6.45) is 2.46. The highest BCUT2D eigenvalue weighted by Crippen LogP contribution is 2.32. The van der Waals surface area contributed by atoms with E-state index < -0.39 is 17.4 Å². The molecule has 0 saturated carbocycles. The van der Waals surface area contributed by atoms with E-state index in [4.69, 9.17) is 4.74 Å². The largest absolute Gasteiger partial charge is 0.466 e. The number of ether oxygens (including phenoxy) is 1. The van der Waals surface area contributed by atoms with E-state index in [-0.39, 0.29) is 18.0 Å². The van der Waals surface area contributed by atoms with Gasteiger partial charge in [-0.25, -0.2) is 9.18 Å². The van der Waals surface area contributed by atoms with Crippen LogP contribution in [0.4, 0.5) is 10.1 Å². The maximum atomic E-state index is 14.1. The zero-order chi connectivity index (χ0) is 17.2. The van der Waals surface area contributed by atoms with E-state index in [1.165, 1.54) is 31.2 Å². The van der Waals surface area contributed by atoms with Crippen molar-refractivity contribution in [3.63, 3.8) is 0 Å². The van der Waals surface area contributed by atoms with Gasteiger partial charge in [0.05, 0.1) is 12.8 Å². The minimum Gasteiger partial charge on any atom is -0.466 e. The maximum absolute atomic E-state index is 14.1. The Labute approximate surface area is 142 Å². The van der Waals surface area contributed by atoms with Crippen LogP contribution in [0.2, 0.25) is 0 Å². The van der Waals surface area contributed by atoms with Crippen LogP contribution in [0.3, 0.4) is 0 Å². The van der Waals surface area contributed by atoms with E-state index in [0.717, 1.165) is 0 Å². The van der Waals surface area contributed by atoms with Gasteiger partial charge in [0.25, 0.3) is 5.91 Å². The molecular weight excluding hydrogens is 367 g/mol. The lowest BCUT2D eigenvalue weighted by molar-refractivity contribution is -0.158. The highest BCUT2D eigenvalue weighted by Gasteiger charge is 2.48. The van der Waals surface area contributed by atoms with Crippen LogP contribution in [0.15, 0.2) is 34.3 Å². The van der Waals surface area contributed by atoms with Crippen LogP contribution in [0, 0.1) is 5.82 Å². The number of methoxy groups -OCH3 is 1. The van der Waals surface area contributed by atoms with Crippen LogP contribution < -0.4 is 5.32 Å². The summed E-state index contributed by atoms with van der Waals surface area (Å²) >= 11 is 3.18. The first-order chi connectivity index (χ1) is 10.9. The third-order valence-electron chi connectivity index (χ3n) is 3.97. The molecule has 7 heteroatoms. The molecule has 5 nitrogen and oxygen atoms in total. The van der Waals surface area contributed by atoms with Gasteiger partial charge in [-0.15, -0.1) is 0 Å². The lowest BCUT2D eigenvalue weighted by Crippen LogP contribution is -2.62. The number of carbonyl (C=O) groups excluding carboxylic acids is 2. The Morgan fingerprint density at radius 1 is 1.52 bits per heavy atom. The lowest BCUT2D eigenvalue weighted by Gasteiger charge is -2.42. The molecule has 124 valence electrons. The summed E-state index contributed by atoms with van der Waals surface area (Å²) in [6, 6.07) is 4.43. The molecular formula is C16H18BrFN2O3. The van der Waals surface area contributed by atoms with Crippen LogP contribution in [-0.4, -0.2) is 36.6 Å². The van der Waals surface area contributed by atoms with E-state index in [9.17, 15) is 14.0 Å². The predicted molar refractivity (Wildman–Crippen MR) is 88.2 cm³/mol. The van der Waals surface area contributed by atoms with Crippen molar-refractivity contribution in [2.24, 2.45) is 0 Å². The highest BCUT2D eigenvalue weighted by molar-refractivity contribution is 9.10. The quantitative estimate of drug-likeness (QED) is 0.810. The predicted octanol–water partition coefficient (Wildman–Crippen LogP) is 3.07. The van der Waals surface area contributed by atoms with Crippen LogP contribution in [0.5, 0.6) is 0 Å². The SMILES string of the molecule is CCC1=CCC(Nc2ccc(Br)cc2F)(C(=O)OC)N(C)C1=O. The second-order valence-corrected chi connectivity index (χ2v) is 6.17. The Hall–Kier alpha value is -1.89. The summed E-state index contributed by atoms with van der Waals surface area (Å²) in [6.45, 7) is 1.87. The first-order valence-corrected chi connectivity index (χ1v) is 7.94. The minimum atomic E-state index is -1.47. The van der Waals surface area contributed by atoms with Crippen LogP contribution in [0.1, 0.15) is 19.8 Å². The lowest BCUT2D eigenvalue weighted by atomic mass is 9.94. The van der Waals surface area contributed by atoms with Gasteiger partial charge in [0.2, 0.25) is 5.66 Å². The molecule has 1 heterocycles. The molecule has 23 heavy (non-hydrogen) atoms. The van der Waals surface area contributed by atoms with E-state index in [2.05, 4.69) is 21.2 Å². The van der Waals surface area contributed by atoms with Crippen LogP contribution in [0.25, 0.3) is 0 Å². The number of carbonyl (C=O) groups is 2. The number of rotatable bonds is 4. The maximum Gasteiger partial charge on any atom is 0.353 e. The summed E-state index contributed by atoms with van der Waals surface area (Å²) in [7, 11) is 2.74. The number of halogens is 2. The smallest absolute Gasteiger partial charge is 0.353 e. The third kappa shape index (κ3) is 3.10. The Bertz CT molecular complexity index is 677. The monoisotopic (exact) mass is 384 g/mol. The van der Waals surface area contributed by atoms with Gasteiger partial charge in [0.15, 0.2) is 0 Å². The number of likely N-dealkylation sites (N-methyl/N-ethyl adjacent to an activating group) is 1. The van der Waals surface area contributed by atoms with E-state index in [1.807, 2.05) is 6.92 Å². The van der Waals surface area contributed by atoms with Crippen molar-refractivity contribution in [2.45, 2.75) is 25.4 Å². The van der Waals surface area contributed by atoms with E-state index >= 15 is 0 Å². The topological polar surface area (TPSA) is 58.6 Å². The fraction of sp³-hybridized carbons (Fsp3) is 0.375.